The fourth-order valence-corrected chi connectivity index (χ4v) is 0. The molecule has 0 bridgehead atoms. The maximum atomic E-state index is 9.52. The lowest BCUT2D eigenvalue weighted by molar-refractivity contribution is -0.132. The van der Waals surface area contributed by atoms with E-state index < -0.39 is 11.9 Å². The van der Waals surface area contributed by atoms with Crippen LogP contribution in [0.2, 0.25) is 0 Å². The molecular weight excluding hydrogens is 168 g/mol. The van der Waals surface area contributed by atoms with Gasteiger partial charge in [0, 0.05) is 6.08 Å². The molecule has 0 rings (SSSR count). The van der Waals surface area contributed by atoms with Crippen molar-refractivity contribution in [3.05, 3.63) is 24.1 Å². The molecule has 0 spiro atoms. The molecule has 0 fully saturated rings. The standard InChI is InChI=1S/C3H4O2S.C3H4O2/c1-2(6)3(4)5;1-2-3(4)5/h6H,1H2,(H,4,5);2H,1H2,(H,4,5). The molecule has 11 heavy (non-hydrogen) atoms. The van der Waals surface area contributed by atoms with Crippen molar-refractivity contribution < 1.29 is 19.8 Å². The van der Waals surface area contributed by atoms with Crippen LogP contribution in [0, 0.1) is 0 Å². The van der Waals surface area contributed by atoms with Gasteiger partial charge in [-0.2, -0.15) is 0 Å². The van der Waals surface area contributed by atoms with Crippen LogP contribution in [0.3, 0.4) is 0 Å². The van der Waals surface area contributed by atoms with Crippen LogP contribution in [0.5, 0.6) is 0 Å². The van der Waals surface area contributed by atoms with Gasteiger partial charge in [-0.3, -0.25) is 0 Å². The molecule has 0 radical (unpaired) electrons. The second kappa shape index (κ2) is 6.88. The molecule has 0 aliphatic carbocycles. The number of hydrogen-bond acceptors (Lipinski definition) is 3. The molecule has 0 aromatic heterocycles. The Bertz CT molecular complexity index is 173. The maximum Gasteiger partial charge on any atom is 0.341 e. The molecule has 0 amide bonds. The molecule has 0 heterocycles. The zero-order valence-corrected chi connectivity index (χ0v) is 6.54. The van der Waals surface area contributed by atoms with Gasteiger partial charge in [0.1, 0.15) is 0 Å². The van der Waals surface area contributed by atoms with Crippen LogP contribution in [0.25, 0.3) is 0 Å². The Morgan fingerprint density at radius 1 is 1.36 bits per heavy atom. The van der Waals surface area contributed by atoms with Crippen LogP contribution in [0.15, 0.2) is 24.1 Å². The van der Waals surface area contributed by atoms with Gasteiger partial charge in [-0.05, 0) is 0 Å². The minimum atomic E-state index is -1.07. The molecule has 62 valence electrons. The van der Waals surface area contributed by atoms with Crippen molar-refractivity contribution in [3.63, 3.8) is 0 Å². The van der Waals surface area contributed by atoms with Crippen molar-refractivity contribution in [2.75, 3.05) is 0 Å². The molecule has 0 saturated carbocycles. The SMILES string of the molecule is C=C(S)C(=O)O.C=CC(=O)O. The van der Waals surface area contributed by atoms with E-state index in [0.29, 0.717) is 0 Å². The Morgan fingerprint density at radius 2 is 1.55 bits per heavy atom. The topological polar surface area (TPSA) is 74.6 Å². The van der Waals surface area contributed by atoms with Gasteiger partial charge >= 0.3 is 11.9 Å². The van der Waals surface area contributed by atoms with Crippen LogP contribution in [-0.4, -0.2) is 22.2 Å². The molecule has 0 aromatic rings. The number of thiol groups is 1. The number of carboxylic acids is 2. The van der Waals surface area contributed by atoms with Crippen molar-refractivity contribution in [2.45, 2.75) is 0 Å². The lowest BCUT2D eigenvalue weighted by atomic mass is 10.7. The summed E-state index contributed by atoms with van der Waals surface area (Å²) >= 11 is 3.40. The molecule has 0 saturated heterocycles. The first-order valence-corrected chi connectivity index (χ1v) is 2.83. The van der Waals surface area contributed by atoms with E-state index in [0.717, 1.165) is 6.08 Å². The first-order chi connectivity index (χ1) is 4.91. The third-order valence-electron chi connectivity index (χ3n) is 0.421. The summed E-state index contributed by atoms with van der Waals surface area (Å²) in [6, 6.07) is 0. The second-order valence-corrected chi connectivity index (χ2v) is 1.83. The van der Waals surface area contributed by atoms with Gasteiger partial charge in [0.05, 0.1) is 4.91 Å². The second-order valence-electron chi connectivity index (χ2n) is 1.29. The number of carboxylic acid groups (broad SMARTS) is 2. The quantitative estimate of drug-likeness (QED) is 0.429. The summed E-state index contributed by atoms with van der Waals surface area (Å²) in [5, 5.41) is 15.4. The average molecular weight is 176 g/mol. The Morgan fingerprint density at radius 3 is 1.55 bits per heavy atom. The largest absolute Gasteiger partial charge is 0.478 e. The zero-order valence-electron chi connectivity index (χ0n) is 5.65. The van der Waals surface area contributed by atoms with Gasteiger partial charge in [0.15, 0.2) is 0 Å². The van der Waals surface area contributed by atoms with Gasteiger partial charge in [-0.1, -0.05) is 13.2 Å². The predicted molar refractivity (Wildman–Crippen MR) is 43.6 cm³/mol. The lowest BCUT2D eigenvalue weighted by Gasteiger charge is -1.78. The fraction of sp³-hybridized carbons (Fsp3) is 0. The molecular formula is C6H8O4S. The highest BCUT2D eigenvalue weighted by atomic mass is 32.1. The number of hydrogen-bond donors (Lipinski definition) is 3. The Labute approximate surface area is 69.3 Å². The Balaban J connectivity index is 0. The maximum absolute atomic E-state index is 9.52. The van der Waals surface area contributed by atoms with Gasteiger partial charge in [-0.25, -0.2) is 9.59 Å². The highest BCUT2D eigenvalue weighted by molar-refractivity contribution is 7.85. The van der Waals surface area contributed by atoms with E-state index in [-0.39, 0.29) is 4.91 Å². The summed E-state index contributed by atoms with van der Waals surface area (Å²) in [5.41, 5.74) is 0. The molecule has 0 unspecified atom stereocenters. The molecule has 4 nitrogen and oxygen atoms in total. The van der Waals surface area contributed by atoms with Crippen molar-refractivity contribution in [3.8, 4) is 0 Å². The van der Waals surface area contributed by atoms with Crippen molar-refractivity contribution in [1.29, 1.82) is 0 Å². The summed E-state index contributed by atoms with van der Waals surface area (Å²) in [4.78, 5) is 18.6. The zero-order chi connectivity index (χ0) is 9.44. The lowest BCUT2D eigenvalue weighted by Crippen LogP contribution is -1.89. The predicted octanol–water partition coefficient (Wildman–Crippen LogP) is 0.771. The van der Waals surface area contributed by atoms with E-state index in [4.69, 9.17) is 10.2 Å². The summed E-state index contributed by atoms with van der Waals surface area (Å²) in [7, 11) is 0. The minimum absolute atomic E-state index is 0.130. The number of aliphatic carboxylic acids is 2. The summed E-state index contributed by atoms with van der Waals surface area (Å²) in [5.74, 6) is -2.05. The van der Waals surface area contributed by atoms with Gasteiger partial charge in [0.2, 0.25) is 0 Å². The van der Waals surface area contributed by atoms with E-state index in [1.807, 2.05) is 0 Å². The van der Waals surface area contributed by atoms with Crippen LogP contribution in [-0.2, 0) is 9.59 Å². The van der Waals surface area contributed by atoms with E-state index in [1.54, 1.807) is 0 Å². The number of carbonyl (C=O) groups is 2. The van der Waals surface area contributed by atoms with Gasteiger partial charge in [-0.15, -0.1) is 12.6 Å². The van der Waals surface area contributed by atoms with Crippen LogP contribution in [0.1, 0.15) is 0 Å². The molecule has 0 aliphatic rings. The number of rotatable bonds is 2. The van der Waals surface area contributed by atoms with Crippen molar-refractivity contribution >= 4 is 24.6 Å². The summed E-state index contributed by atoms with van der Waals surface area (Å²) in [6.07, 6.45) is 0.833. The van der Waals surface area contributed by atoms with E-state index in [1.165, 1.54) is 0 Å². The van der Waals surface area contributed by atoms with Crippen molar-refractivity contribution in [2.24, 2.45) is 0 Å². The fourth-order valence-electron chi connectivity index (χ4n) is 0. The molecule has 0 atom stereocenters. The first-order valence-electron chi connectivity index (χ1n) is 2.38. The van der Waals surface area contributed by atoms with Crippen LogP contribution < -0.4 is 0 Å². The summed E-state index contributed by atoms with van der Waals surface area (Å²) in [6.45, 7) is 5.98. The Kier molecular flexibility index (Phi) is 7.79. The van der Waals surface area contributed by atoms with Crippen LogP contribution in [0.4, 0.5) is 0 Å². The molecule has 2 N–H and O–H groups in total. The average Bonchev–Trinajstić information content (AvgIpc) is 1.89. The molecule has 0 aromatic carbocycles. The monoisotopic (exact) mass is 176 g/mol. The highest BCUT2D eigenvalue weighted by Gasteiger charge is 1.91. The summed E-state index contributed by atoms with van der Waals surface area (Å²) < 4.78 is 0. The smallest absolute Gasteiger partial charge is 0.341 e. The van der Waals surface area contributed by atoms with E-state index >= 15 is 0 Å². The third-order valence-corrected chi connectivity index (χ3v) is 0.613. The van der Waals surface area contributed by atoms with Crippen LogP contribution >= 0.6 is 12.6 Å². The van der Waals surface area contributed by atoms with Crippen molar-refractivity contribution in [1.82, 2.24) is 0 Å². The Hall–Kier alpha value is -1.23. The molecule has 5 heteroatoms. The van der Waals surface area contributed by atoms with Gasteiger partial charge < -0.3 is 10.2 Å². The minimum Gasteiger partial charge on any atom is -0.478 e. The first kappa shape index (κ1) is 12.4. The van der Waals surface area contributed by atoms with E-state index in [9.17, 15) is 9.59 Å². The molecule has 0 aliphatic heterocycles. The highest BCUT2D eigenvalue weighted by Crippen LogP contribution is 1.91. The normalized spacial score (nSPS) is 7.00. The van der Waals surface area contributed by atoms with Gasteiger partial charge in [0.25, 0.3) is 0 Å². The van der Waals surface area contributed by atoms with E-state index in [2.05, 4.69) is 25.8 Å². The third kappa shape index (κ3) is 17.7.